The minimum Gasteiger partial charge on any atom is -0.506 e. The van der Waals surface area contributed by atoms with Gasteiger partial charge in [0.2, 0.25) is 0 Å². The summed E-state index contributed by atoms with van der Waals surface area (Å²) >= 11 is 0. The largest absolute Gasteiger partial charge is 0.506 e. The number of phenols is 1. The Labute approximate surface area is 157 Å². The Morgan fingerprint density at radius 1 is 1.04 bits per heavy atom. The van der Waals surface area contributed by atoms with Crippen LogP contribution < -0.4 is 21.1 Å². The molecule has 0 aliphatic rings. The molecule has 0 fully saturated rings. The highest BCUT2D eigenvalue weighted by atomic mass is 16.3. The summed E-state index contributed by atoms with van der Waals surface area (Å²) < 4.78 is 0. The van der Waals surface area contributed by atoms with Gasteiger partial charge in [-0.1, -0.05) is 38.3 Å². The van der Waals surface area contributed by atoms with E-state index >= 15 is 0 Å². The smallest absolute Gasteiger partial charge is 0.253 e. The van der Waals surface area contributed by atoms with Gasteiger partial charge in [-0.3, -0.25) is 14.6 Å². The molecule has 2 N–H and O–H groups in total. The van der Waals surface area contributed by atoms with Gasteiger partial charge in [-0.2, -0.15) is 0 Å². The molecule has 0 spiro atoms. The molecule has 1 aromatic heterocycles. The van der Waals surface area contributed by atoms with Crippen LogP contribution >= 0.6 is 0 Å². The van der Waals surface area contributed by atoms with Crippen LogP contribution in [0.2, 0.25) is 0 Å². The summed E-state index contributed by atoms with van der Waals surface area (Å²) in [7, 11) is 0. The van der Waals surface area contributed by atoms with Crippen LogP contribution in [0.15, 0.2) is 58.4 Å². The molecule has 0 saturated heterocycles. The van der Waals surface area contributed by atoms with E-state index in [1.54, 1.807) is 53.7 Å². The van der Waals surface area contributed by atoms with E-state index in [0.717, 1.165) is 25.7 Å². The van der Waals surface area contributed by atoms with E-state index in [-0.39, 0.29) is 11.4 Å². The van der Waals surface area contributed by atoms with Crippen molar-refractivity contribution >= 4 is 22.7 Å². The second kappa shape index (κ2) is 8.49. The lowest BCUT2D eigenvalue weighted by Gasteiger charge is -2.28. The quantitative estimate of drug-likeness (QED) is 0.443. The van der Waals surface area contributed by atoms with Crippen molar-refractivity contribution < 1.29 is 5.11 Å². The molecule has 6 nitrogen and oxygen atoms in total. The number of hydrogen-bond acceptors (Lipinski definition) is 6. The fraction of sp³-hybridized carbons (Fsp3) is 0.286. The van der Waals surface area contributed by atoms with E-state index in [1.165, 1.54) is 0 Å². The molecular formula is C21H23N3O3. The zero-order valence-corrected chi connectivity index (χ0v) is 15.3. The predicted octanol–water partition coefficient (Wildman–Crippen LogP) is 3.85. The number of phenolic OH excluding ortho intramolecular Hbond substituents is 1. The zero-order chi connectivity index (χ0) is 19.2. The molecule has 6 heteroatoms. The number of aromatic hydroxyl groups is 1. The molecule has 0 aliphatic carbocycles. The molecule has 140 valence electrons. The van der Waals surface area contributed by atoms with Crippen LogP contribution in [0.3, 0.4) is 0 Å². The highest BCUT2D eigenvalue weighted by Gasteiger charge is 2.28. The van der Waals surface area contributed by atoms with Gasteiger partial charge in [0.05, 0.1) is 17.6 Å². The molecule has 3 rings (SSSR count). The first-order valence-electron chi connectivity index (χ1n) is 9.19. The third kappa shape index (κ3) is 4.00. The van der Waals surface area contributed by atoms with Crippen LogP contribution in [0.5, 0.6) is 5.75 Å². The van der Waals surface area contributed by atoms with Crippen LogP contribution in [0, 0.1) is 0 Å². The minimum absolute atomic E-state index is 0.0772. The second-order valence-electron chi connectivity index (χ2n) is 6.45. The second-order valence-corrected chi connectivity index (χ2v) is 6.45. The predicted molar refractivity (Wildman–Crippen MR) is 108 cm³/mol. The number of anilines is 4. The van der Waals surface area contributed by atoms with Gasteiger partial charge in [-0.05, 0) is 30.7 Å². The number of nitrogens with zero attached hydrogens (tertiary/aromatic N) is 2. The van der Waals surface area contributed by atoms with Gasteiger partial charge < -0.3 is 15.3 Å². The molecule has 27 heavy (non-hydrogen) atoms. The maximum absolute atomic E-state index is 12.4. The molecule has 1 heterocycles. The van der Waals surface area contributed by atoms with Crippen molar-refractivity contribution in [1.29, 1.82) is 0 Å². The van der Waals surface area contributed by atoms with Gasteiger partial charge >= 0.3 is 0 Å². The van der Waals surface area contributed by atoms with Crippen molar-refractivity contribution in [3.05, 3.63) is 69.2 Å². The lowest BCUT2D eigenvalue weighted by molar-refractivity contribution is 0.475. The summed E-state index contributed by atoms with van der Waals surface area (Å²) in [5.41, 5.74) is 0.598. The van der Waals surface area contributed by atoms with Crippen molar-refractivity contribution in [3.63, 3.8) is 0 Å². The fourth-order valence-corrected chi connectivity index (χ4v) is 3.08. The van der Waals surface area contributed by atoms with Crippen LogP contribution in [-0.4, -0.2) is 16.6 Å². The Morgan fingerprint density at radius 2 is 1.85 bits per heavy atom. The molecular weight excluding hydrogens is 342 g/mol. The molecule has 0 bridgehead atoms. The van der Waals surface area contributed by atoms with Gasteiger partial charge in [-0.15, -0.1) is 0 Å². The fourth-order valence-electron chi connectivity index (χ4n) is 3.08. The first-order chi connectivity index (χ1) is 13.1. The van der Waals surface area contributed by atoms with Gasteiger partial charge in [-0.25, -0.2) is 0 Å². The summed E-state index contributed by atoms with van der Waals surface area (Å²) in [6.07, 6.45) is 7.29. The van der Waals surface area contributed by atoms with E-state index in [2.05, 4.69) is 17.2 Å². The van der Waals surface area contributed by atoms with E-state index < -0.39 is 10.9 Å². The standard InChI is InChI=1S/C21H23N3O3/c1-2-3-4-7-13-24(16-10-5-6-11-17(16)25)19-18(20(26)21(19)27)23-15-9-8-12-22-14-15/h5-6,8-12,14,23,25H,2-4,7,13H2,1H3. The Morgan fingerprint density at radius 3 is 2.56 bits per heavy atom. The van der Waals surface area contributed by atoms with Crippen molar-refractivity contribution in [2.24, 2.45) is 0 Å². The van der Waals surface area contributed by atoms with E-state index in [4.69, 9.17) is 0 Å². The highest BCUT2D eigenvalue weighted by molar-refractivity contribution is 5.84. The van der Waals surface area contributed by atoms with Crippen molar-refractivity contribution in [1.82, 2.24) is 4.98 Å². The van der Waals surface area contributed by atoms with E-state index in [9.17, 15) is 14.7 Å². The number of rotatable bonds is 9. The Balaban J connectivity index is 1.95. The first kappa shape index (κ1) is 18.6. The third-order valence-corrected chi connectivity index (χ3v) is 4.49. The number of aromatic nitrogens is 1. The van der Waals surface area contributed by atoms with Gasteiger partial charge in [0.25, 0.3) is 10.9 Å². The van der Waals surface area contributed by atoms with Gasteiger partial charge in [0.15, 0.2) is 0 Å². The first-order valence-corrected chi connectivity index (χ1v) is 9.19. The third-order valence-electron chi connectivity index (χ3n) is 4.49. The number of pyridine rings is 1. The highest BCUT2D eigenvalue weighted by Crippen LogP contribution is 2.35. The topological polar surface area (TPSA) is 82.5 Å². The monoisotopic (exact) mass is 365 g/mol. The number of benzene rings is 1. The van der Waals surface area contributed by atoms with Crippen molar-refractivity contribution in [2.75, 3.05) is 16.8 Å². The van der Waals surface area contributed by atoms with Crippen LogP contribution in [0.1, 0.15) is 32.6 Å². The van der Waals surface area contributed by atoms with Gasteiger partial charge in [0.1, 0.15) is 17.1 Å². The molecule has 0 aliphatic heterocycles. The Kier molecular flexibility index (Phi) is 5.86. The number of para-hydroxylation sites is 2. The van der Waals surface area contributed by atoms with E-state index in [0.29, 0.717) is 23.6 Å². The molecule has 0 amide bonds. The Bertz CT molecular complexity index is 962. The molecule has 0 saturated carbocycles. The Hall–Kier alpha value is -3.15. The molecule has 3 aromatic rings. The maximum Gasteiger partial charge on any atom is 0.253 e. The molecule has 0 radical (unpaired) electrons. The van der Waals surface area contributed by atoms with Crippen LogP contribution in [0.4, 0.5) is 22.7 Å². The lowest BCUT2D eigenvalue weighted by atomic mass is 10.1. The normalized spacial score (nSPS) is 10.9. The summed E-state index contributed by atoms with van der Waals surface area (Å²) in [6.45, 7) is 2.68. The van der Waals surface area contributed by atoms with Crippen molar-refractivity contribution in [2.45, 2.75) is 32.6 Å². The lowest BCUT2D eigenvalue weighted by Crippen LogP contribution is -2.40. The SMILES string of the molecule is CCCCCCN(c1ccccc1O)c1c(Nc2cccnc2)c(=O)c1=O. The average Bonchev–Trinajstić information content (AvgIpc) is 2.70. The number of nitrogens with one attached hydrogen (secondary N) is 1. The van der Waals surface area contributed by atoms with Gasteiger partial charge in [0, 0.05) is 12.7 Å². The average molecular weight is 365 g/mol. The molecule has 0 unspecified atom stereocenters. The maximum atomic E-state index is 12.4. The molecule has 0 atom stereocenters. The van der Waals surface area contributed by atoms with Crippen LogP contribution in [-0.2, 0) is 0 Å². The van der Waals surface area contributed by atoms with E-state index in [1.807, 2.05) is 0 Å². The summed E-state index contributed by atoms with van der Waals surface area (Å²) in [5, 5.41) is 13.3. The van der Waals surface area contributed by atoms with Crippen molar-refractivity contribution in [3.8, 4) is 5.75 Å². The molecule has 2 aromatic carbocycles. The summed E-state index contributed by atoms with van der Waals surface area (Å²) in [4.78, 5) is 30.3. The minimum atomic E-state index is -0.553. The number of unbranched alkanes of at least 4 members (excludes halogenated alkanes) is 3. The summed E-state index contributed by atoms with van der Waals surface area (Å²) in [6, 6.07) is 10.4. The number of hydrogen-bond donors (Lipinski definition) is 2. The summed E-state index contributed by atoms with van der Waals surface area (Å²) in [5.74, 6) is 0.0772. The van der Waals surface area contributed by atoms with Crippen LogP contribution in [0.25, 0.3) is 0 Å². The zero-order valence-electron chi connectivity index (χ0n) is 15.3.